The quantitative estimate of drug-likeness (QED) is 0.307. The van der Waals surface area contributed by atoms with Crippen molar-refractivity contribution in [1.29, 1.82) is 0 Å². The lowest BCUT2D eigenvalue weighted by Gasteiger charge is -2.19. The Labute approximate surface area is 210 Å². The summed E-state index contributed by atoms with van der Waals surface area (Å²) in [6.45, 7) is -0.232. The molecule has 0 aliphatic carbocycles. The van der Waals surface area contributed by atoms with Crippen LogP contribution in [-0.4, -0.2) is 42.1 Å². The van der Waals surface area contributed by atoms with Crippen molar-refractivity contribution in [2.75, 3.05) is 18.5 Å². The fraction of sp³-hybridized carbons (Fsp3) is 0.250. The average Bonchev–Trinajstić information content (AvgIpc) is 2.83. The second-order valence-corrected chi connectivity index (χ2v) is 8.25. The first-order chi connectivity index (χ1) is 17.2. The van der Waals surface area contributed by atoms with Gasteiger partial charge in [0.15, 0.2) is 0 Å². The van der Waals surface area contributed by atoms with Gasteiger partial charge in [0.1, 0.15) is 24.1 Å². The van der Waals surface area contributed by atoms with E-state index in [2.05, 4.69) is 20.9 Å². The van der Waals surface area contributed by atoms with Gasteiger partial charge in [-0.25, -0.2) is 18.6 Å². The van der Waals surface area contributed by atoms with E-state index in [1.54, 1.807) is 12.1 Å². The van der Waals surface area contributed by atoms with Crippen molar-refractivity contribution < 1.29 is 27.9 Å². The molecule has 12 heteroatoms. The number of nitrogens with zero attached hydrogens (tertiary/aromatic N) is 1. The number of rotatable bonds is 11. The lowest BCUT2D eigenvalue weighted by Crippen LogP contribution is -2.43. The number of anilines is 1. The Morgan fingerprint density at radius 1 is 1.11 bits per heavy atom. The molecular weight excluding hydrogens is 496 g/mol. The first kappa shape index (κ1) is 26.8. The van der Waals surface area contributed by atoms with E-state index < -0.39 is 35.6 Å². The molecule has 5 N–H and O–H groups in total. The molecule has 9 nitrogen and oxygen atoms in total. The molecule has 0 fully saturated rings. The van der Waals surface area contributed by atoms with E-state index in [0.717, 1.165) is 0 Å². The molecule has 0 bridgehead atoms. The number of carbonyl (C=O) groups is 3. The molecule has 36 heavy (non-hydrogen) atoms. The second-order valence-electron chi connectivity index (χ2n) is 7.87. The molecular formula is C24H24ClF2N5O4. The second kappa shape index (κ2) is 12.8. The number of fused-ring (bicyclic) bond motifs is 1. The molecule has 0 spiro atoms. The van der Waals surface area contributed by atoms with Crippen molar-refractivity contribution in [3.05, 3.63) is 70.9 Å². The van der Waals surface area contributed by atoms with Gasteiger partial charge in [-0.1, -0.05) is 23.7 Å². The van der Waals surface area contributed by atoms with Crippen LogP contribution in [0.2, 0.25) is 5.02 Å². The molecule has 1 aromatic heterocycles. The van der Waals surface area contributed by atoms with Crippen molar-refractivity contribution in [3.63, 3.8) is 0 Å². The molecule has 0 saturated heterocycles. The Kier molecular flexibility index (Phi) is 9.48. The number of pyridine rings is 1. The number of halogens is 3. The van der Waals surface area contributed by atoms with Crippen LogP contribution < -0.4 is 21.7 Å². The molecule has 0 saturated carbocycles. The maximum absolute atomic E-state index is 13.5. The SMILES string of the molecule is NC(=O)CC[C@@H](COC(=O)Nc1cc2cc(F)ccc2cn1)NC(=O)CNCc1cccc(F)c1Cl. The highest BCUT2D eigenvalue weighted by molar-refractivity contribution is 6.31. The normalized spacial score (nSPS) is 11.6. The van der Waals surface area contributed by atoms with Crippen LogP contribution >= 0.6 is 11.6 Å². The van der Waals surface area contributed by atoms with E-state index in [1.807, 2.05) is 0 Å². The van der Waals surface area contributed by atoms with Gasteiger partial charge < -0.3 is 21.1 Å². The minimum Gasteiger partial charge on any atom is -0.447 e. The lowest BCUT2D eigenvalue weighted by molar-refractivity contribution is -0.122. The summed E-state index contributed by atoms with van der Waals surface area (Å²) in [5.74, 6) is -1.86. The maximum Gasteiger partial charge on any atom is 0.412 e. The highest BCUT2D eigenvalue weighted by atomic mass is 35.5. The summed E-state index contributed by atoms with van der Waals surface area (Å²) in [5.41, 5.74) is 5.68. The summed E-state index contributed by atoms with van der Waals surface area (Å²) in [6, 6.07) is 9.32. The van der Waals surface area contributed by atoms with Crippen molar-refractivity contribution in [2.45, 2.75) is 25.4 Å². The third-order valence-corrected chi connectivity index (χ3v) is 5.49. The molecule has 1 atom stereocenters. The van der Waals surface area contributed by atoms with Crippen molar-refractivity contribution in [1.82, 2.24) is 15.6 Å². The van der Waals surface area contributed by atoms with Gasteiger partial charge in [-0.05, 0) is 47.7 Å². The van der Waals surface area contributed by atoms with Crippen molar-refractivity contribution in [2.24, 2.45) is 5.73 Å². The largest absolute Gasteiger partial charge is 0.447 e. The molecule has 3 rings (SSSR count). The Hall–Kier alpha value is -3.83. The molecule has 0 aliphatic heterocycles. The van der Waals surface area contributed by atoms with Crippen LogP contribution in [0.5, 0.6) is 0 Å². The number of aromatic nitrogens is 1. The van der Waals surface area contributed by atoms with Gasteiger partial charge in [-0.3, -0.25) is 14.9 Å². The topological polar surface area (TPSA) is 135 Å². The smallest absolute Gasteiger partial charge is 0.412 e. The molecule has 0 unspecified atom stereocenters. The van der Waals surface area contributed by atoms with E-state index in [9.17, 15) is 23.2 Å². The van der Waals surface area contributed by atoms with Crippen molar-refractivity contribution in [3.8, 4) is 0 Å². The van der Waals surface area contributed by atoms with Crippen LogP contribution in [0.3, 0.4) is 0 Å². The van der Waals surface area contributed by atoms with E-state index in [-0.39, 0.29) is 43.4 Å². The predicted octanol–water partition coefficient (Wildman–Crippen LogP) is 3.26. The highest BCUT2D eigenvalue weighted by Gasteiger charge is 2.17. The third-order valence-electron chi connectivity index (χ3n) is 5.07. The van der Waals surface area contributed by atoms with Crippen LogP contribution in [0.1, 0.15) is 18.4 Å². The Balaban J connectivity index is 1.50. The van der Waals surface area contributed by atoms with Crippen LogP contribution in [0.4, 0.5) is 19.4 Å². The zero-order valence-electron chi connectivity index (χ0n) is 19.0. The number of benzene rings is 2. The number of hydrogen-bond acceptors (Lipinski definition) is 6. The van der Waals surface area contributed by atoms with Crippen LogP contribution in [0, 0.1) is 11.6 Å². The van der Waals surface area contributed by atoms with Crippen LogP contribution in [0.15, 0.2) is 48.7 Å². The standard InChI is InChI=1S/C24H24ClF2N5O4/c25-23-15(2-1-3-19(23)27)10-29-12-22(34)31-18(6-7-20(28)33)13-36-24(35)32-21-9-16-8-17(26)5-4-14(16)11-30-21/h1-5,8-9,11,18,29H,6-7,10,12-13H2,(H2,28,33)(H,31,34)(H,30,32,35)/t18-/m0/s1. The van der Waals surface area contributed by atoms with Crippen LogP contribution in [0.25, 0.3) is 10.8 Å². The number of nitrogens with one attached hydrogen (secondary N) is 3. The first-order valence-electron chi connectivity index (χ1n) is 10.9. The summed E-state index contributed by atoms with van der Waals surface area (Å²) < 4.78 is 32.1. The summed E-state index contributed by atoms with van der Waals surface area (Å²) >= 11 is 5.89. The van der Waals surface area contributed by atoms with E-state index in [4.69, 9.17) is 22.1 Å². The van der Waals surface area contributed by atoms with Gasteiger partial charge >= 0.3 is 6.09 Å². The number of hydrogen-bond donors (Lipinski definition) is 4. The Morgan fingerprint density at radius 3 is 2.69 bits per heavy atom. The lowest BCUT2D eigenvalue weighted by atomic mass is 10.1. The molecule has 3 amide bonds. The van der Waals surface area contributed by atoms with E-state index in [0.29, 0.717) is 16.3 Å². The molecule has 190 valence electrons. The molecule has 2 aromatic carbocycles. The maximum atomic E-state index is 13.5. The van der Waals surface area contributed by atoms with Gasteiger partial charge in [0, 0.05) is 24.5 Å². The Morgan fingerprint density at radius 2 is 1.92 bits per heavy atom. The summed E-state index contributed by atoms with van der Waals surface area (Å²) in [5, 5.41) is 9.14. The van der Waals surface area contributed by atoms with Gasteiger partial charge in [0.05, 0.1) is 17.6 Å². The van der Waals surface area contributed by atoms with Gasteiger partial charge in [0.2, 0.25) is 11.8 Å². The summed E-state index contributed by atoms with van der Waals surface area (Å²) in [6.07, 6.45) is 0.720. The number of nitrogens with two attached hydrogens (primary N) is 1. The van der Waals surface area contributed by atoms with Gasteiger partial charge in [0.25, 0.3) is 0 Å². The average molecular weight is 520 g/mol. The summed E-state index contributed by atoms with van der Waals surface area (Å²) in [4.78, 5) is 39.8. The third kappa shape index (κ3) is 8.14. The number of carbonyl (C=O) groups excluding carboxylic acids is 3. The molecule has 1 heterocycles. The Bertz CT molecular complexity index is 1260. The minimum atomic E-state index is -0.851. The molecule has 0 aliphatic rings. The van der Waals surface area contributed by atoms with E-state index >= 15 is 0 Å². The number of amides is 3. The van der Waals surface area contributed by atoms with Gasteiger partial charge in [-0.15, -0.1) is 0 Å². The van der Waals surface area contributed by atoms with Crippen LogP contribution in [-0.2, 0) is 20.9 Å². The zero-order valence-corrected chi connectivity index (χ0v) is 19.8. The fourth-order valence-corrected chi connectivity index (χ4v) is 3.48. The van der Waals surface area contributed by atoms with E-state index in [1.165, 1.54) is 36.5 Å². The number of ether oxygens (including phenoxy) is 1. The molecule has 3 aromatic rings. The zero-order chi connectivity index (χ0) is 26.1. The summed E-state index contributed by atoms with van der Waals surface area (Å²) in [7, 11) is 0. The first-order valence-corrected chi connectivity index (χ1v) is 11.3. The predicted molar refractivity (Wildman–Crippen MR) is 130 cm³/mol. The number of primary amides is 1. The minimum absolute atomic E-state index is 0.0322. The highest BCUT2D eigenvalue weighted by Crippen LogP contribution is 2.19. The fourth-order valence-electron chi connectivity index (χ4n) is 3.29. The van der Waals surface area contributed by atoms with Gasteiger partial charge in [-0.2, -0.15) is 0 Å². The molecule has 0 radical (unpaired) electrons. The monoisotopic (exact) mass is 519 g/mol. The van der Waals surface area contributed by atoms with Crippen molar-refractivity contribution >= 4 is 46.1 Å².